The molecule has 0 bridgehead atoms. The summed E-state index contributed by atoms with van der Waals surface area (Å²) in [4.78, 5) is 24.5. The van der Waals surface area contributed by atoms with E-state index in [-0.39, 0.29) is 10.8 Å². The zero-order valence-corrected chi connectivity index (χ0v) is 16.4. The van der Waals surface area contributed by atoms with Crippen molar-refractivity contribution in [3.05, 3.63) is 65.7 Å². The van der Waals surface area contributed by atoms with E-state index in [9.17, 15) is 18.0 Å². The average molecular weight is 402 g/mol. The minimum absolute atomic E-state index is 0.0447. The van der Waals surface area contributed by atoms with Crippen molar-refractivity contribution >= 4 is 33.7 Å². The van der Waals surface area contributed by atoms with Crippen LogP contribution in [0.1, 0.15) is 29.8 Å². The van der Waals surface area contributed by atoms with Crippen molar-refractivity contribution in [2.75, 3.05) is 17.8 Å². The van der Waals surface area contributed by atoms with Crippen LogP contribution in [0.5, 0.6) is 0 Å². The van der Waals surface area contributed by atoms with Crippen molar-refractivity contribution < 1.29 is 23.1 Å². The van der Waals surface area contributed by atoms with E-state index in [4.69, 9.17) is 5.11 Å². The number of nitrogens with one attached hydrogen (secondary N) is 1. The van der Waals surface area contributed by atoms with E-state index in [0.717, 1.165) is 6.08 Å². The van der Waals surface area contributed by atoms with Crippen LogP contribution >= 0.6 is 0 Å². The third-order valence-electron chi connectivity index (χ3n) is 4.04. The highest BCUT2D eigenvalue weighted by atomic mass is 32.2. The van der Waals surface area contributed by atoms with Crippen molar-refractivity contribution in [2.24, 2.45) is 0 Å². The van der Waals surface area contributed by atoms with Crippen molar-refractivity contribution in [3.63, 3.8) is 0 Å². The zero-order valence-electron chi connectivity index (χ0n) is 15.6. The van der Waals surface area contributed by atoms with Crippen LogP contribution in [-0.2, 0) is 14.8 Å². The van der Waals surface area contributed by atoms with Gasteiger partial charge in [-0.1, -0.05) is 12.1 Å². The molecule has 2 aromatic rings. The lowest BCUT2D eigenvalue weighted by atomic mass is 10.2. The van der Waals surface area contributed by atoms with Crippen LogP contribution in [0.15, 0.2) is 59.5 Å². The second-order valence-electron chi connectivity index (χ2n) is 5.90. The maximum absolute atomic E-state index is 12.5. The molecule has 8 heteroatoms. The molecule has 0 atom stereocenters. The highest BCUT2D eigenvalue weighted by Gasteiger charge is 2.15. The summed E-state index contributed by atoms with van der Waals surface area (Å²) in [5.41, 5.74) is 1.40. The molecule has 0 aromatic heterocycles. The van der Waals surface area contributed by atoms with Gasteiger partial charge in [0.15, 0.2) is 0 Å². The first kappa shape index (κ1) is 21.2. The number of carboxylic acid groups (broad SMARTS) is 1. The van der Waals surface area contributed by atoms with E-state index < -0.39 is 16.0 Å². The van der Waals surface area contributed by atoms with Crippen LogP contribution in [0.3, 0.4) is 0 Å². The number of hydrogen-bond acceptors (Lipinski definition) is 4. The van der Waals surface area contributed by atoms with E-state index >= 15 is 0 Å². The Morgan fingerprint density at radius 2 is 1.57 bits per heavy atom. The monoisotopic (exact) mass is 402 g/mol. The molecule has 0 aliphatic rings. The Hall–Kier alpha value is -3.13. The number of aliphatic carboxylic acids is 1. The number of sulfonamides is 1. The number of amides is 1. The van der Waals surface area contributed by atoms with Gasteiger partial charge >= 0.3 is 5.97 Å². The molecule has 0 fully saturated rings. The van der Waals surface area contributed by atoms with Gasteiger partial charge in [0.1, 0.15) is 0 Å². The molecule has 0 saturated carbocycles. The van der Waals surface area contributed by atoms with Crippen molar-refractivity contribution in [3.8, 4) is 0 Å². The molecule has 0 radical (unpaired) electrons. The topological polar surface area (TPSA) is 104 Å². The Morgan fingerprint density at radius 3 is 2.07 bits per heavy atom. The fourth-order valence-electron chi connectivity index (χ4n) is 2.51. The standard InChI is InChI=1S/C20H22N2O5S/c1-3-22(4-2)20(25)16-8-10-17(11-9-16)21-28(26,27)18-12-5-15(6-13-18)7-14-19(23)24/h5-14,21H,3-4H2,1-2H3,(H,23,24)/b14-7+. The van der Waals surface area contributed by atoms with Gasteiger partial charge in [-0.3, -0.25) is 9.52 Å². The molecular formula is C20H22N2O5S. The Kier molecular flexibility index (Phi) is 6.94. The van der Waals surface area contributed by atoms with Crippen LogP contribution < -0.4 is 4.72 Å². The lowest BCUT2D eigenvalue weighted by molar-refractivity contribution is -0.131. The molecule has 0 aliphatic heterocycles. The summed E-state index contributed by atoms with van der Waals surface area (Å²) in [5.74, 6) is -1.19. The van der Waals surface area contributed by atoms with Crippen LogP contribution in [-0.4, -0.2) is 43.4 Å². The van der Waals surface area contributed by atoms with Gasteiger partial charge in [0.2, 0.25) is 0 Å². The predicted molar refractivity (Wildman–Crippen MR) is 108 cm³/mol. The molecule has 0 unspecified atom stereocenters. The Bertz CT molecular complexity index is 961. The molecule has 0 spiro atoms. The Balaban J connectivity index is 2.13. The number of carboxylic acids is 1. The van der Waals surface area contributed by atoms with Crippen LogP contribution in [0.4, 0.5) is 5.69 Å². The van der Waals surface area contributed by atoms with Crippen molar-refractivity contribution in [1.29, 1.82) is 0 Å². The van der Waals surface area contributed by atoms with Gasteiger partial charge in [-0.25, -0.2) is 13.2 Å². The SMILES string of the molecule is CCN(CC)C(=O)c1ccc(NS(=O)(=O)c2ccc(/C=C/C(=O)O)cc2)cc1. The lowest BCUT2D eigenvalue weighted by Crippen LogP contribution is -2.30. The van der Waals surface area contributed by atoms with Crippen molar-refractivity contribution in [1.82, 2.24) is 4.90 Å². The van der Waals surface area contributed by atoms with Crippen LogP contribution in [0, 0.1) is 0 Å². The predicted octanol–water partition coefficient (Wildman–Crippen LogP) is 3.07. The zero-order chi connectivity index (χ0) is 20.7. The quantitative estimate of drug-likeness (QED) is 0.661. The number of benzene rings is 2. The Morgan fingerprint density at radius 1 is 1.00 bits per heavy atom. The number of anilines is 1. The summed E-state index contributed by atoms with van der Waals surface area (Å²) >= 11 is 0. The lowest BCUT2D eigenvalue weighted by Gasteiger charge is -2.18. The van der Waals surface area contributed by atoms with Gasteiger partial charge in [-0.2, -0.15) is 0 Å². The molecule has 0 heterocycles. The van der Waals surface area contributed by atoms with Crippen LogP contribution in [0.2, 0.25) is 0 Å². The smallest absolute Gasteiger partial charge is 0.328 e. The van der Waals surface area contributed by atoms with E-state index in [1.54, 1.807) is 17.0 Å². The van der Waals surface area contributed by atoms with Crippen molar-refractivity contribution in [2.45, 2.75) is 18.7 Å². The second-order valence-corrected chi connectivity index (χ2v) is 7.58. The summed E-state index contributed by atoms with van der Waals surface area (Å²) in [6, 6.07) is 12.1. The normalized spacial score (nSPS) is 11.4. The highest BCUT2D eigenvalue weighted by molar-refractivity contribution is 7.92. The van der Waals surface area contributed by atoms with Crippen LogP contribution in [0.25, 0.3) is 6.08 Å². The number of hydrogen-bond donors (Lipinski definition) is 2. The minimum atomic E-state index is -3.81. The summed E-state index contributed by atoms with van der Waals surface area (Å²) in [5, 5.41) is 8.62. The van der Waals surface area contributed by atoms with Gasteiger partial charge in [-0.15, -0.1) is 0 Å². The second kappa shape index (κ2) is 9.18. The maximum Gasteiger partial charge on any atom is 0.328 e. The highest BCUT2D eigenvalue weighted by Crippen LogP contribution is 2.18. The van der Waals surface area contributed by atoms with E-state index in [1.807, 2.05) is 13.8 Å². The fraction of sp³-hybridized carbons (Fsp3) is 0.200. The van der Waals surface area contributed by atoms with Gasteiger partial charge in [0.05, 0.1) is 4.90 Å². The van der Waals surface area contributed by atoms with E-state index in [1.165, 1.54) is 42.5 Å². The third kappa shape index (κ3) is 5.43. The first-order chi connectivity index (χ1) is 13.3. The van der Waals surface area contributed by atoms with Gasteiger partial charge < -0.3 is 10.0 Å². The van der Waals surface area contributed by atoms with E-state index in [2.05, 4.69) is 4.72 Å². The number of carbonyl (C=O) groups excluding carboxylic acids is 1. The molecular weight excluding hydrogens is 380 g/mol. The molecule has 0 aliphatic carbocycles. The van der Waals surface area contributed by atoms with Gasteiger partial charge in [0, 0.05) is 30.4 Å². The summed E-state index contributed by atoms with van der Waals surface area (Å²) in [6.07, 6.45) is 2.35. The molecule has 0 saturated heterocycles. The average Bonchev–Trinajstić information content (AvgIpc) is 2.68. The van der Waals surface area contributed by atoms with E-state index in [0.29, 0.717) is 29.9 Å². The summed E-state index contributed by atoms with van der Waals surface area (Å²) < 4.78 is 27.5. The molecule has 28 heavy (non-hydrogen) atoms. The van der Waals surface area contributed by atoms with Gasteiger partial charge in [-0.05, 0) is 61.9 Å². The minimum Gasteiger partial charge on any atom is -0.478 e. The molecule has 2 rings (SSSR count). The number of nitrogens with zero attached hydrogens (tertiary/aromatic N) is 1. The number of carbonyl (C=O) groups is 2. The van der Waals surface area contributed by atoms with Gasteiger partial charge in [0.25, 0.3) is 15.9 Å². The summed E-state index contributed by atoms with van der Waals surface area (Å²) in [7, 11) is -3.81. The first-order valence-corrected chi connectivity index (χ1v) is 10.2. The summed E-state index contributed by atoms with van der Waals surface area (Å²) in [6.45, 7) is 4.99. The first-order valence-electron chi connectivity index (χ1n) is 8.70. The number of rotatable bonds is 8. The molecule has 2 aromatic carbocycles. The molecule has 1 amide bonds. The Labute approximate surface area is 164 Å². The maximum atomic E-state index is 12.5. The largest absolute Gasteiger partial charge is 0.478 e. The molecule has 2 N–H and O–H groups in total. The fourth-order valence-corrected chi connectivity index (χ4v) is 3.57. The third-order valence-corrected chi connectivity index (χ3v) is 5.44. The molecule has 7 nitrogen and oxygen atoms in total. The molecule has 148 valence electrons.